The van der Waals surface area contributed by atoms with Gasteiger partial charge in [-0.25, -0.2) is 0 Å². The Morgan fingerprint density at radius 2 is 2.19 bits per heavy atom. The highest BCUT2D eigenvalue weighted by Crippen LogP contribution is 2.11. The molecule has 0 aromatic carbocycles. The van der Waals surface area contributed by atoms with Crippen LogP contribution in [0.2, 0.25) is 0 Å². The van der Waals surface area contributed by atoms with E-state index in [4.69, 9.17) is 5.11 Å². The topological polar surface area (TPSA) is 38.7 Å². The number of likely N-dealkylation sites (N-methyl/N-ethyl adjacent to an activating group) is 2. The molecule has 96 valence electrons. The van der Waals surface area contributed by atoms with Crippen LogP contribution in [0.5, 0.6) is 0 Å². The zero-order chi connectivity index (χ0) is 12.0. The van der Waals surface area contributed by atoms with Crippen molar-refractivity contribution in [3.63, 3.8) is 0 Å². The van der Waals surface area contributed by atoms with E-state index in [0.29, 0.717) is 12.1 Å². The summed E-state index contributed by atoms with van der Waals surface area (Å²) in [6, 6.07) is 1.12. The summed E-state index contributed by atoms with van der Waals surface area (Å²) < 4.78 is 0. The molecule has 0 aromatic heterocycles. The van der Waals surface area contributed by atoms with E-state index >= 15 is 0 Å². The SMILES string of the molecule is CCC1CN(CC(CCO)NC)CCN1C. The summed E-state index contributed by atoms with van der Waals surface area (Å²) in [7, 11) is 4.20. The van der Waals surface area contributed by atoms with E-state index in [1.165, 1.54) is 6.42 Å². The third-order valence-corrected chi connectivity index (χ3v) is 3.70. The second-order valence-electron chi connectivity index (χ2n) is 4.80. The van der Waals surface area contributed by atoms with Crippen LogP contribution in [-0.2, 0) is 0 Å². The van der Waals surface area contributed by atoms with Crippen LogP contribution in [0.3, 0.4) is 0 Å². The molecule has 2 atom stereocenters. The molecule has 2 N–H and O–H groups in total. The molecule has 1 fully saturated rings. The molecule has 0 saturated carbocycles. The molecule has 0 radical (unpaired) electrons. The first kappa shape index (κ1) is 13.9. The molecule has 1 heterocycles. The Morgan fingerprint density at radius 3 is 2.75 bits per heavy atom. The molecule has 1 rings (SSSR count). The normalized spacial score (nSPS) is 25.9. The predicted octanol–water partition coefficient (Wildman–Crippen LogP) is -0.0172. The summed E-state index contributed by atoms with van der Waals surface area (Å²) in [5, 5.41) is 12.2. The zero-order valence-electron chi connectivity index (χ0n) is 10.9. The van der Waals surface area contributed by atoms with E-state index in [9.17, 15) is 0 Å². The van der Waals surface area contributed by atoms with Gasteiger partial charge in [-0.3, -0.25) is 4.90 Å². The summed E-state index contributed by atoms with van der Waals surface area (Å²) in [6.45, 7) is 7.06. The number of aliphatic hydroxyl groups is 1. The molecule has 2 unspecified atom stereocenters. The second kappa shape index (κ2) is 7.22. The van der Waals surface area contributed by atoms with E-state index in [1.807, 2.05) is 7.05 Å². The van der Waals surface area contributed by atoms with Crippen LogP contribution in [0.25, 0.3) is 0 Å². The van der Waals surface area contributed by atoms with Crippen LogP contribution in [-0.4, -0.2) is 73.9 Å². The minimum Gasteiger partial charge on any atom is -0.396 e. The first-order valence-corrected chi connectivity index (χ1v) is 6.42. The van der Waals surface area contributed by atoms with Gasteiger partial charge in [-0.1, -0.05) is 6.92 Å². The third kappa shape index (κ3) is 4.01. The maximum atomic E-state index is 8.97. The molecule has 1 aliphatic rings. The lowest BCUT2D eigenvalue weighted by Crippen LogP contribution is -2.54. The summed E-state index contributed by atoms with van der Waals surface area (Å²) in [5.41, 5.74) is 0. The van der Waals surface area contributed by atoms with Gasteiger partial charge < -0.3 is 15.3 Å². The highest BCUT2D eigenvalue weighted by molar-refractivity contribution is 4.81. The Kier molecular flexibility index (Phi) is 6.28. The summed E-state index contributed by atoms with van der Waals surface area (Å²) in [4.78, 5) is 4.97. The first-order valence-electron chi connectivity index (χ1n) is 6.42. The average molecular weight is 229 g/mol. The predicted molar refractivity (Wildman–Crippen MR) is 67.7 cm³/mol. The Morgan fingerprint density at radius 1 is 1.44 bits per heavy atom. The summed E-state index contributed by atoms with van der Waals surface area (Å²) in [6.07, 6.45) is 2.07. The van der Waals surface area contributed by atoms with Crippen molar-refractivity contribution in [3.05, 3.63) is 0 Å². The van der Waals surface area contributed by atoms with Gasteiger partial charge in [-0.15, -0.1) is 0 Å². The largest absolute Gasteiger partial charge is 0.396 e. The van der Waals surface area contributed by atoms with Crippen LogP contribution in [0.4, 0.5) is 0 Å². The third-order valence-electron chi connectivity index (χ3n) is 3.70. The maximum absolute atomic E-state index is 8.97. The van der Waals surface area contributed by atoms with Gasteiger partial charge in [0.15, 0.2) is 0 Å². The fourth-order valence-electron chi connectivity index (χ4n) is 2.41. The number of rotatable bonds is 6. The Bertz CT molecular complexity index is 189. The van der Waals surface area contributed by atoms with Crippen molar-refractivity contribution in [2.45, 2.75) is 31.8 Å². The minimum absolute atomic E-state index is 0.274. The smallest absolute Gasteiger partial charge is 0.0446 e. The maximum Gasteiger partial charge on any atom is 0.0446 e. The van der Waals surface area contributed by atoms with Crippen molar-refractivity contribution in [2.75, 3.05) is 46.9 Å². The number of hydrogen-bond donors (Lipinski definition) is 2. The molecule has 0 aromatic rings. The number of piperazine rings is 1. The molecular formula is C12H27N3O. The monoisotopic (exact) mass is 229 g/mol. The lowest BCUT2D eigenvalue weighted by molar-refractivity contribution is 0.0837. The van der Waals surface area contributed by atoms with E-state index < -0.39 is 0 Å². The molecule has 0 aliphatic carbocycles. The molecule has 0 amide bonds. The van der Waals surface area contributed by atoms with E-state index in [1.54, 1.807) is 0 Å². The molecule has 1 saturated heterocycles. The van der Waals surface area contributed by atoms with Crippen molar-refractivity contribution in [1.82, 2.24) is 15.1 Å². The molecular weight excluding hydrogens is 202 g/mol. The molecule has 0 spiro atoms. The van der Waals surface area contributed by atoms with Gasteiger partial charge >= 0.3 is 0 Å². The molecule has 1 aliphatic heterocycles. The minimum atomic E-state index is 0.274. The number of aliphatic hydroxyl groups excluding tert-OH is 1. The zero-order valence-corrected chi connectivity index (χ0v) is 10.9. The van der Waals surface area contributed by atoms with Crippen LogP contribution in [0.15, 0.2) is 0 Å². The van der Waals surface area contributed by atoms with Gasteiger partial charge in [0.25, 0.3) is 0 Å². The Balaban J connectivity index is 2.36. The van der Waals surface area contributed by atoms with Crippen molar-refractivity contribution in [2.24, 2.45) is 0 Å². The van der Waals surface area contributed by atoms with Gasteiger partial charge in [0.1, 0.15) is 0 Å². The number of nitrogens with zero attached hydrogens (tertiary/aromatic N) is 2. The summed E-state index contributed by atoms with van der Waals surface area (Å²) in [5.74, 6) is 0. The molecule has 4 heteroatoms. The quantitative estimate of drug-likeness (QED) is 0.671. The average Bonchev–Trinajstić information content (AvgIpc) is 2.30. The number of nitrogens with one attached hydrogen (secondary N) is 1. The molecule has 0 bridgehead atoms. The van der Waals surface area contributed by atoms with E-state index in [2.05, 4.69) is 29.1 Å². The second-order valence-corrected chi connectivity index (χ2v) is 4.80. The Labute approximate surface area is 99.6 Å². The molecule has 16 heavy (non-hydrogen) atoms. The van der Waals surface area contributed by atoms with Gasteiger partial charge in [0.05, 0.1) is 0 Å². The standard InChI is InChI=1S/C12H27N3O/c1-4-12-10-15(7-6-14(12)3)9-11(13-2)5-8-16/h11-13,16H,4-10H2,1-3H3. The van der Waals surface area contributed by atoms with Crippen LogP contribution in [0.1, 0.15) is 19.8 Å². The van der Waals surface area contributed by atoms with E-state index in [0.717, 1.165) is 32.6 Å². The van der Waals surface area contributed by atoms with Gasteiger partial charge in [-0.05, 0) is 26.9 Å². The van der Waals surface area contributed by atoms with Crippen molar-refractivity contribution in [3.8, 4) is 0 Å². The highest BCUT2D eigenvalue weighted by atomic mass is 16.3. The summed E-state index contributed by atoms with van der Waals surface area (Å²) >= 11 is 0. The van der Waals surface area contributed by atoms with E-state index in [-0.39, 0.29) is 6.61 Å². The first-order chi connectivity index (χ1) is 7.71. The van der Waals surface area contributed by atoms with Crippen molar-refractivity contribution >= 4 is 0 Å². The van der Waals surface area contributed by atoms with Gasteiger partial charge in [-0.2, -0.15) is 0 Å². The van der Waals surface area contributed by atoms with Crippen molar-refractivity contribution < 1.29 is 5.11 Å². The van der Waals surface area contributed by atoms with Crippen LogP contribution >= 0.6 is 0 Å². The Hall–Kier alpha value is -0.160. The van der Waals surface area contributed by atoms with Gasteiger partial charge in [0.2, 0.25) is 0 Å². The van der Waals surface area contributed by atoms with Crippen LogP contribution in [0, 0.1) is 0 Å². The molecule has 4 nitrogen and oxygen atoms in total. The number of hydrogen-bond acceptors (Lipinski definition) is 4. The highest BCUT2D eigenvalue weighted by Gasteiger charge is 2.23. The van der Waals surface area contributed by atoms with Crippen molar-refractivity contribution in [1.29, 1.82) is 0 Å². The van der Waals surface area contributed by atoms with Crippen LogP contribution < -0.4 is 5.32 Å². The van der Waals surface area contributed by atoms with Gasteiger partial charge in [0, 0.05) is 44.9 Å². The lowest BCUT2D eigenvalue weighted by Gasteiger charge is -2.40. The fourth-order valence-corrected chi connectivity index (χ4v) is 2.41. The lowest BCUT2D eigenvalue weighted by atomic mass is 10.1. The fraction of sp³-hybridized carbons (Fsp3) is 1.00.